The summed E-state index contributed by atoms with van der Waals surface area (Å²) in [5.74, 6) is 5.89. The van der Waals surface area contributed by atoms with E-state index in [1.54, 1.807) is 5.56 Å². The number of aliphatic hydroxyl groups excluding tert-OH is 1. The van der Waals surface area contributed by atoms with E-state index in [4.69, 9.17) is 0 Å². The molecule has 34 heavy (non-hydrogen) atoms. The number of hydrogen-bond donors (Lipinski definition) is 2. The maximum absolute atomic E-state index is 12.0. The molecule has 1 aromatic carbocycles. The monoisotopic (exact) mass is 462 g/mol. The Morgan fingerprint density at radius 1 is 1.00 bits per heavy atom. The van der Waals surface area contributed by atoms with E-state index < -0.39 is 0 Å². The van der Waals surface area contributed by atoms with Crippen LogP contribution >= 0.6 is 0 Å². The zero-order valence-electron chi connectivity index (χ0n) is 21.8. The number of phenolic OH excluding ortho intramolecular Hbond substituents is 1. The molecule has 6 fully saturated rings. The summed E-state index contributed by atoms with van der Waals surface area (Å²) in [6.07, 6.45) is 16.4. The molecule has 186 valence electrons. The summed E-state index contributed by atoms with van der Waals surface area (Å²) in [6.45, 7) is 7.05. The smallest absolute Gasteiger partial charge is 0.123 e. The number of hydrogen-bond acceptors (Lipinski definition) is 2. The molecular formula is C32H46O2. The summed E-state index contributed by atoms with van der Waals surface area (Å²) >= 11 is 0. The fourth-order valence-corrected chi connectivity index (χ4v) is 11.3. The lowest BCUT2D eigenvalue weighted by Crippen LogP contribution is -2.49. The lowest BCUT2D eigenvalue weighted by Gasteiger charge is -2.57. The Labute approximate surface area is 206 Å². The van der Waals surface area contributed by atoms with Gasteiger partial charge in [0, 0.05) is 11.1 Å². The summed E-state index contributed by atoms with van der Waals surface area (Å²) < 4.78 is 0. The Bertz CT molecular complexity index is 958. The van der Waals surface area contributed by atoms with Gasteiger partial charge in [-0.05, 0) is 147 Å². The number of phenols is 1. The van der Waals surface area contributed by atoms with Crippen LogP contribution in [-0.4, -0.2) is 16.3 Å². The number of benzene rings is 1. The number of rotatable bonds is 3. The van der Waals surface area contributed by atoms with Crippen molar-refractivity contribution in [1.82, 2.24) is 0 Å². The Morgan fingerprint density at radius 2 is 1.68 bits per heavy atom. The number of fused-ring (bicyclic) bond motifs is 5. The standard InChI is InChI=1S/C32H46O2/c1-4-18(2)29-24-6-5-23-22(9-10-31(3)26(23)7-8-28(31)33)25(24)14-27(30(29)34)32-15-19-11-20(16-32)13-21(12-19)17-32/h14,18-23,26,28,33-34H,4-13,15-17H2,1-3H3. The van der Waals surface area contributed by atoms with Crippen LogP contribution in [0.15, 0.2) is 6.07 Å². The molecule has 2 N–H and O–H groups in total. The fraction of sp³-hybridized carbons (Fsp3) is 0.812. The van der Waals surface area contributed by atoms with E-state index in [2.05, 4.69) is 26.8 Å². The van der Waals surface area contributed by atoms with E-state index in [9.17, 15) is 10.2 Å². The first-order valence-corrected chi connectivity index (χ1v) is 14.9. The first kappa shape index (κ1) is 22.2. The van der Waals surface area contributed by atoms with Crippen molar-refractivity contribution in [2.24, 2.45) is 35.0 Å². The van der Waals surface area contributed by atoms with Gasteiger partial charge in [0.2, 0.25) is 0 Å². The Kier molecular flexibility index (Phi) is 4.90. The van der Waals surface area contributed by atoms with Crippen LogP contribution < -0.4 is 0 Å². The van der Waals surface area contributed by atoms with E-state index in [1.807, 2.05) is 0 Å². The molecule has 8 rings (SSSR count). The summed E-state index contributed by atoms with van der Waals surface area (Å²) in [5, 5.41) is 22.9. The maximum Gasteiger partial charge on any atom is 0.123 e. The predicted octanol–water partition coefficient (Wildman–Crippen LogP) is 7.59. The van der Waals surface area contributed by atoms with E-state index in [0.29, 0.717) is 23.5 Å². The lowest BCUT2D eigenvalue weighted by molar-refractivity contribution is -0.0229. The van der Waals surface area contributed by atoms with Crippen LogP contribution in [0.2, 0.25) is 0 Å². The molecule has 4 bridgehead atoms. The highest BCUT2D eigenvalue weighted by molar-refractivity contribution is 5.57. The van der Waals surface area contributed by atoms with Crippen molar-refractivity contribution in [1.29, 1.82) is 0 Å². The molecule has 0 amide bonds. The fourth-order valence-electron chi connectivity index (χ4n) is 11.3. The van der Waals surface area contributed by atoms with Gasteiger partial charge in [-0.15, -0.1) is 0 Å². The average molecular weight is 463 g/mol. The highest BCUT2D eigenvalue weighted by Crippen LogP contribution is 2.65. The second kappa shape index (κ2) is 7.50. The molecule has 7 aliphatic carbocycles. The quantitative estimate of drug-likeness (QED) is 0.486. The van der Waals surface area contributed by atoms with Gasteiger partial charge in [-0.3, -0.25) is 0 Å². The molecule has 6 atom stereocenters. The van der Waals surface area contributed by atoms with Crippen molar-refractivity contribution >= 4 is 0 Å². The van der Waals surface area contributed by atoms with Gasteiger partial charge in [0.25, 0.3) is 0 Å². The summed E-state index contributed by atoms with van der Waals surface area (Å²) in [5.41, 5.74) is 6.26. The van der Waals surface area contributed by atoms with Crippen LogP contribution in [0.1, 0.15) is 132 Å². The molecular weight excluding hydrogens is 416 g/mol. The van der Waals surface area contributed by atoms with E-state index in [0.717, 1.165) is 42.9 Å². The summed E-state index contributed by atoms with van der Waals surface area (Å²) in [4.78, 5) is 0. The number of aromatic hydroxyl groups is 1. The van der Waals surface area contributed by atoms with Gasteiger partial charge in [0.15, 0.2) is 0 Å². The molecule has 0 aliphatic heterocycles. The Balaban J connectivity index is 1.36. The third-order valence-electron chi connectivity index (χ3n) is 12.7. The van der Waals surface area contributed by atoms with Crippen molar-refractivity contribution in [2.75, 3.05) is 0 Å². The zero-order chi connectivity index (χ0) is 23.4. The van der Waals surface area contributed by atoms with Crippen molar-refractivity contribution in [3.8, 4) is 5.75 Å². The van der Waals surface area contributed by atoms with Gasteiger partial charge in [0.1, 0.15) is 5.75 Å². The maximum atomic E-state index is 12.0. The second-order valence-corrected chi connectivity index (χ2v) is 14.3. The van der Waals surface area contributed by atoms with Crippen LogP contribution in [-0.2, 0) is 11.8 Å². The van der Waals surface area contributed by atoms with Gasteiger partial charge >= 0.3 is 0 Å². The average Bonchev–Trinajstić information content (AvgIpc) is 3.11. The van der Waals surface area contributed by atoms with Gasteiger partial charge in [-0.25, -0.2) is 0 Å². The van der Waals surface area contributed by atoms with Crippen molar-refractivity contribution in [3.63, 3.8) is 0 Å². The SMILES string of the molecule is CCC(C)c1c(O)c(C23CC4CC(CC(C4)C2)C3)cc2c1CCC1C2CCC2(C)C(O)CCC12. The molecule has 0 aromatic heterocycles. The highest BCUT2D eigenvalue weighted by atomic mass is 16.3. The third-order valence-corrected chi connectivity index (χ3v) is 12.7. The molecule has 0 radical (unpaired) electrons. The molecule has 0 saturated heterocycles. The minimum atomic E-state index is -0.0991. The minimum Gasteiger partial charge on any atom is -0.507 e. The molecule has 7 aliphatic rings. The first-order valence-electron chi connectivity index (χ1n) is 14.9. The van der Waals surface area contributed by atoms with Crippen molar-refractivity contribution < 1.29 is 10.2 Å². The topological polar surface area (TPSA) is 40.5 Å². The first-order chi connectivity index (χ1) is 16.3. The Morgan fingerprint density at radius 3 is 2.32 bits per heavy atom. The van der Waals surface area contributed by atoms with Crippen LogP contribution in [0, 0.1) is 35.0 Å². The minimum absolute atomic E-state index is 0.0991. The van der Waals surface area contributed by atoms with Crippen LogP contribution in [0.25, 0.3) is 0 Å². The largest absolute Gasteiger partial charge is 0.507 e. The molecule has 0 spiro atoms. The Hall–Kier alpha value is -1.02. The molecule has 2 nitrogen and oxygen atoms in total. The van der Waals surface area contributed by atoms with Crippen molar-refractivity contribution in [3.05, 3.63) is 28.3 Å². The zero-order valence-corrected chi connectivity index (χ0v) is 21.8. The van der Waals surface area contributed by atoms with E-state index >= 15 is 0 Å². The molecule has 6 saturated carbocycles. The van der Waals surface area contributed by atoms with E-state index in [1.165, 1.54) is 80.9 Å². The summed E-state index contributed by atoms with van der Waals surface area (Å²) in [6, 6.07) is 2.59. The van der Waals surface area contributed by atoms with E-state index in [-0.39, 0.29) is 16.9 Å². The molecule has 0 heterocycles. The third kappa shape index (κ3) is 2.90. The highest BCUT2D eigenvalue weighted by Gasteiger charge is 2.56. The van der Waals surface area contributed by atoms with Crippen LogP contribution in [0.5, 0.6) is 5.75 Å². The van der Waals surface area contributed by atoms with Gasteiger partial charge in [-0.2, -0.15) is 0 Å². The van der Waals surface area contributed by atoms with Gasteiger partial charge < -0.3 is 10.2 Å². The van der Waals surface area contributed by atoms with Gasteiger partial charge in [-0.1, -0.05) is 26.8 Å². The second-order valence-electron chi connectivity index (χ2n) is 14.3. The molecule has 2 heteroatoms. The van der Waals surface area contributed by atoms with Crippen LogP contribution in [0.3, 0.4) is 0 Å². The van der Waals surface area contributed by atoms with Crippen LogP contribution in [0.4, 0.5) is 0 Å². The molecule has 6 unspecified atom stereocenters. The summed E-state index contributed by atoms with van der Waals surface area (Å²) in [7, 11) is 0. The molecule has 1 aromatic rings. The number of aliphatic hydroxyl groups is 1. The lowest BCUT2D eigenvalue weighted by atomic mass is 9.47. The van der Waals surface area contributed by atoms with Gasteiger partial charge in [0.05, 0.1) is 6.10 Å². The van der Waals surface area contributed by atoms with Crippen molar-refractivity contribution in [2.45, 2.75) is 128 Å². The normalized spacial score (nSPS) is 47.2. The predicted molar refractivity (Wildman–Crippen MR) is 137 cm³/mol.